The van der Waals surface area contributed by atoms with Gasteiger partial charge in [0.05, 0.1) is 18.9 Å². The molecule has 26 heavy (non-hydrogen) atoms. The Morgan fingerprint density at radius 1 is 1.19 bits per heavy atom. The van der Waals surface area contributed by atoms with E-state index < -0.39 is 0 Å². The molecule has 0 spiro atoms. The van der Waals surface area contributed by atoms with E-state index in [9.17, 15) is 4.79 Å². The van der Waals surface area contributed by atoms with Crippen LogP contribution in [0.3, 0.4) is 0 Å². The Morgan fingerprint density at radius 2 is 1.88 bits per heavy atom. The van der Waals surface area contributed by atoms with Gasteiger partial charge in [0.1, 0.15) is 0 Å². The zero-order valence-corrected chi connectivity index (χ0v) is 16.6. The smallest absolute Gasteiger partial charge is 0.220 e. The summed E-state index contributed by atoms with van der Waals surface area (Å²) in [4.78, 5) is 15.1. The Balaban J connectivity index is 1.55. The molecule has 2 aliphatic rings. The lowest BCUT2D eigenvalue weighted by atomic mass is 9.79. The van der Waals surface area contributed by atoms with Crippen molar-refractivity contribution in [1.82, 2.24) is 20.0 Å². The van der Waals surface area contributed by atoms with E-state index >= 15 is 0 Å². The Bertz CT molecular complexity index is 614. The third-order valence-electron chi connectivity index (χ3n) is 6.34. The van der Waals surface area contributed by atoms with E-state index in [0.29, 0.717) is 6.42 Å². The number of hydrogen-bond acceptors (Lipinski definition) is 4. The summed E-state index contributed by atoms with van der Waals surface area (Å²) in [5, 5.41) is 7.70. The highest BCUT2D eigenvalue weighted by atomic mass is 16.5. The summed E-state index contributed by atoms with van der Waals surface area (Å²) in [7, 11) is 1.96. The minimum Gasteiger partial charge on any atom is -0.379 e. The quantitative estimate of drug-likeness (QED) is 0.842. The molecule has 2 heterocycles. The number of hydrogen-bond donors (Lipinski definition) is 1. The molecule has 1 aliphatic heterocycles. The van der Waals surface area contributed by atoms with Crippen molar-refractivity contribution < 1.29 is 9.53 Å². The molecule has 1 amide bonds. The van der Waals surface area contributed by atoms with Gasteiger partial charge < -0.3 is 10.1 Å². The number of amides is 1. The maximum Gasteiger partial charge on any atom is 0.220 e. The van der Waals surface area contributed by atoms with E-state index in [1.165, 1.54) is 37.7 Å². The molecule has 0 radical (unpaired) electrons. The van der Waals surface area contributed by atoms with Gasteiger partial charge in [0, 0.05) is 44.3 Å². The average molecular weight is 363 g/mol. The van der Waals surface area contributed by atoms with Crippen molar-refractivity contribution in [3.05, 3.63) is 17.0 Å². The van der Waals surface area contributed by atoms with Crippen molar-refractivity contribution in [3.8, 4) is 0 Å². The first-order chi connectivity index (χ1) is 12.5. The van der Waals surface area contributed by atoms with Crippen LogP contribution in [0, 0.1) is 13.8 Å². The predicted molar refractivity (Wildman–Crippen MR) is 102 cm³/mol. The van der Waals surface area contributed by atoms with E-state index in [0.717, 1.165) is 50.7 Å². The first kappa shape index (κ1) is 19.4. The number of carbonyl (C=O) groups is 1. The summed E-state index contributed by atoms with van der Waals surface area (Å²) in [6, 6.07) is 0. The predicted octanol–water partition coefficient (Wildman–Crippen LogP) is 2.12. The van der Waals surface area contributed by atoms with Crippen LogP contribution in [0.25, 0.3) is 0 Å². The molecule has 1 aliphatic carbocycles. The molecule has 1 saturated heterocycles. The van der Waals surface area contributed by atoms with Crippen LogP contribution in [-0.4, -0.2) is 59.0 Å². The summed E-state index contributed by atoms with van der Waals surface area (Å²) in [5.41, 5.74) is 3.54. The average Bonchev–Trinajstić information content (AvgIpc) is 2.91. The van der Waals surface area contributed by atoms with E-state index in [-0.39, 0.29) is 11.4 Å². The van der Waals surface area contributed by atoms with Crippen molar-refractivity contribution in [2.24, 2.45) is 7.05 Å². The fraction of sp³-hybridized carbons (Fsp3) is 0.800. The van der Waals surface area contributed by atoms with Crippen molar-refractivity contribution in [2.45, 2.75) is 64.3 Å². The fourth-order valence-electron chi connectivity index (χ4n) is 4.62. The topological polar surface area (TPSA) is 59.4 Å². The third-order valence-corrected chi connectivity index (χ3v) is 6.34. The second kappa shape index (κ2) is 8.53. The van der Waals surface area contributed by atoms with Gasteiger partial charge in [0.15, 0.2) is 0 Å². The molecule has 146 valence electrons. The molecule has 6 heteroatoms. The number of nitrogens with one attached hydrogen (secondary N) is 1. The molecule has 2 fully saturated rings. The second-order valence-corrected chi connectivity index (χ2v) is 7.93. The highest BCUT2D eigenvalue weighted by Crippen LogP contribution is 2.33. The van der Waals surface area contributed by atoms with Crippen LogP contribution in [0.1, 0.15) is 55.5 Å². The van der Waals surface area contributed by atoms with E-state index in [1.807, 2.05) is 18.7 Å². The van der Waals surface area contributed by atoms with Crippen molar-refractivity contribution in [1.29, 1.82) is 0 Å². The van der Waals surface area contributed by atoms with Gasteiger partial charge in [0.25, 0.3) is 0 Å². The molecule has 1 aromatic heterocycles. The molecule has 3 rings (SSSR count). The molecule has 0 atom stereocenters. The Morgan fingerprint density at radius 3 is 2.50 bits per heavy atom. The Hall–Kier alpha value is -1.40. The molecule has 6 nitrogen and oxygen atoms in total. The van der Waals surface area contributed by atoms with Gasteiger partial charge in [0.2, 0.25) is 5.91 Å². The summed E-state index contributed by atoms with van der Waals surface area (Å²) in [5.74, 6) is 0.158. The summed E-state index contributed by atoms with van der Waals surface area (Å²) in [6.45, 7) is 8.48. The fourth-order valence-corrected chi connectivity index (χ4v) is 4.62. The minimum atomic E-state index is 0.137. The Kier molecular flexibility index (Phi) is 6.35. The summed E-state index contributed by atoms with van der Waals surface area (Å²) < 4.78 is 7.44. The van der Waals surface area contributed by atoms with Gasteiger partial charge in [-0.1, -0.05) is 19.3 Å². The highest BCUT2D eigenvalue weighted by Gasteiger charge is 2.38. The normalized spacial score (nSPS) is 20.9. The number of aromatic nitrogens is 2. The van der Waals surface area contributed by atoms with Crippen LogP contribution in [0.15, 0.2) is 0 Å². The van der Waals surface area contributed by atoms with Gasteiger partial charge >= 0.3 is 0 Å². The Labute approximate surface area is 157 Å². The molecule has 1 N–H and O–H groups in total. The van der Waals surface area contributed by atoms with Crippen molar-refractivity contribution in [3.63, 3.8) is 0 Å². The highest BCUT2D eigenvalue weighted by molar-refractivity contribution is 5.76. The zero-order valence-electron chi connectivity index (χ0n) is 16.6. The van der Waals surface area contributed by atoms with E-state index in [1.54, 1.807) is 0 Å². The lowest BCUT2D eigenvalue weighted by Crippen LogP contribution is -2.59. The van der Waals surface area contributed by atoms with Crippen molar-refractivity contribution >= 4 is 5.91 Å². The largest absolute Gasteiger partial charge is 0.379 e. The standard InChI is InChI=1S/C20H34N4O2/c1-16-18(17(2)23(3)22-16)7-8-19(25)21-15-20(9-5-4-6-10-20)24-11-13-26-14-12-24/h4-15H2,1-3H3,(H,21,25). The molecule has 0 bridgehead atoms. The van der Waals surface area contributed by atoms with Crippen LogP contribution in [0.5, 0.6) is 0 Å². The third kappa shape index (κ3) is 4.29. The first-order valence-electron chi connectivity index (χ1n) is 10.1. The lowest BCUT2D eigenvalue weighted by Gasteiger charge is -2.48. The number of carbonyl (C=O) groups excluding carboxylic acids is 1. The number of rotatable bonds is 6. The number of ether oxygens (including phenoxy) is 1. The second-order valence-electron chi connectivity index (χ2n) is 7.93. The van der Waals surface area contributed by atoms with Gasteiger partial charge in [-0.05, 0) is 38.7 Å². The SMILES string of the molecule is Cc1nn(C)c(C)c1CCC(=O)NCC1(N2CCOCC2)CCCCC1. The van der Waals surface area contributed by atoms with Crippen LogP contribution in [0.2, 0.25) is 0 Å². The van der Waals surface area contributed by atoms with Crippen molar-refractivity contribution in [2.75, 3.05) is 32.8 Å². The van der Waals surface area contributed by atoms with Crippen LogP contribution < -0.4 is 5.32 Å². The molecular weight excluding hydrogens is 328 g/mol. The summed E-state index contributed by atoms with van der Waals surface area (Å²) in [6.07, 6.45) is 7.53. The number of nitrogens with zero attached hydrogens (tertiary/aromatic N) is 3. The monoisotopic (exact) mass is 362 g/mol. The van der Waals surface area contributed by atoms with Gasteiger partial charge in [-0.15, -0.1) is 0 Å². The van der Waals surface area contributed by atoms with E-state index in [2.05, 4.69) is 22.2 Å². The molecular formula is C20H34N4O2. The first-order valence-corrected chi connectivity index (χ1v) is 10.1. The minimum absolute atomic E-state index is 0.137. The molecule has 1 aromatic rings. The van der Waals surface area contributed by atoms with Crippen LogP contribution >= 0.6 is 0 Å². The number of morpholine rings is 1. The molecule has 1 saturated carbocycles. The molecule has 0 aromatic carbocycles. The maximum atomic E-state index is 12.5. The van der Waals surface area contributed by atoms with Gasteiger partial charge in [-0.25, -0.2) is 0 Å². The summed E-state index contributed by atoms with van der Waals surface area (Å²) >= 11 is 0. The van der Waals surface area contributed by atoms with Gasteiger partial charge in [-0.3, -0.25) is 14.4 Å². The van der Waals surface area contributed by atoms with Gasteiger partial charge in [-0.2, -0.15) is 5.10 Å². The van der Waals surface area contributed by atoms with Crippen LogP contribution in [0.4, 0.5) is 0 Å². The van der Waals surface area contributed by atoms with E-state index in [4.69, 9.17) is 4.74 Å². The zero-order chi connectivity index (χ0) is 18.6. The lowest BCUT2D eigenvalue weighted by molar-refractivity contribution is -0.122. The molecule has 0 unspecified atom stereocenters. The number of aryl methyl sites for hydroxylation is 2. The maximum absolute atomic E-state index is 12.5. The van der Waals surface area contributed by atoms with Crippen LogP contribution in [-0.2, 0) is 23.0 Å².